The van der Waals surface area contributed by atoms with Crippen molar-refractivity contribution < 1.29 is 9.53 Å². The summed E-state index contributed by atoms with van der Waals surface area (Å²) in [5.74, 6) is 0.183. The quantitative estimate of drug-likeness (QED) is 0.872. The van der Waals surface area contributed by atoms with E-state index >= 15 is 0 Å². The standard InChI is InChI=1S/C20H30N2O2/c1-2-18(16-22-12-6-7-13-22)21-19(23)20(10-14-24-15-11-20)17-8-4-3-5-9-17/h3-5,8-9,18H,2,6-7,10-16H2,1H3,(H,21,23)/t18-/m1/s1. The van der Waals surface area contributed by atoms with Crippen LogP contribution in [0, 0.1) is 0 Å². The maximum Gasteiger partial charge on any atom is 0.231 e. The lowest BCUT2D eigenvalue weighted by molar-refractivity contribution is -0.131. The van der Waals surface area contributed by atoms with Crippen LogP contribution in [0.3, 0.4) is 0 Å². The summed E-state index contributed by atoms with van der Waals surface area (Å²) in [6.07, 6.45) is 5.08. The smallest absolute Gasteiger partial charge is 0.231 e. The molecule has 2 saturated heterocycles. The molecule has 1 aromatic rings. The topological polar surface area (TPSA) is 41.6 Å². The lowest BCUT2D eigenvalue weighted by Crippen LogP contribution is -2.53. The number of hydrogen-bond donors (Lipinski definition) is 1. The van der Waals surface area contributed by atoms with Crippen molar-refractivity contribution in [2.45, 2.75) is 50.5 Å². The second-order valence-corrected chi connectivity index (χ2v) is 7.15. The minimum absolute atomic E-state index is 0.183. The van der Waals surface area contributed by atoms with E-state index in [-0.39, 0.29) is 11.9 Å². The van der Waals surface area contributed by atoms with E-state index in [2.05, 4.69) is 29.3 Å². The average Bonchev–Trinajstić information content (AvgIpc) is 3.15. The van der Waals surface area contributed by atoms with Gasteiger partial charge >= 0.3 is 0 Å². The second-order valence-electron chi connectivity index (χ2n) is 7.15. The summed E-state index contributed by atoms with van der Waals surface area (Å²) < 4.78 is 5.55. The van der Waals surface area contributed by atoms with Crippen LogP contribution in [0.25, 0.3) is 0 Å². The summed E-state index contributed by atoms with van der Waals surface area (Å²) in [6.45, 7) is 6.80. The molecule has 4 heteroatoms. The first-order valence-electron chi connectivity index (χ1n) is 9.41. The highest BCUT2D eigenvalue weighted by Crippen LogP contribution is 2.35. The van der Waals surface area contributed by atoms with Crippen molar-refractivity contribution in [1.82, 2.24) is 10.2 Å². The van der Waals surface area contributed by atoms with Gasteiger partial charge in [-0.2, -0.15) is 0 Å². The molecule has 0 aliphatic carbocycles. The van der Waals surface area contributed by atoms with Gasteiger partial charge in [-0.15, -0.1) is 0 Å². The normalized spacial score (nSPS) is 22.2. The van der Waals surface area contributed by atoms with Gasteiger partial charge < -0.3 is 15.0 Å². The van der Waals surface area contributed by atoms with E-state index in [1.165, 1.54) is 25.9 Å². The van der Waals surface area contributed by atoms with Gasteiger partial charge in [-0.3, -0.25) is 4.79 Å². The Morgan fingerprint density at radius 3 is 2.50 bits per heavy atom. The predicted octanol–water partition coefficient (Wildman–Crippen LogP) is 2.73. The first-order chi connectivity index (χ1) is 11.7. The average molecular weight is 330 g/mol. The van der Waals surface area contributed by atoms with Gasteiger partial charge in [0.1, 0.15) is 0 Å². The Kier molecular flexibility index (Phi) is 5.90. The Morgan fingerprint density at radius 1 is 1.21 bits per heavy atom. The van der Waals surface area contributed by atoms with E-state index in [1.807, 2.05) is 18.2 Å². The van der Waals surface area contributed by atoms with Crippen molar-refractivity contribution >= 4 is 5.91 Å². The zero-order valence-corrected chi connectivity index (χ0v) is 14.8. The van der Waals surface area contributed by atoms with E-state index in [1.54, 1.807) is 0 Å². The van der Waals surface area contributed by atoms with Crippen LogP contribution in [-0.4, -0.2) is 49.7 Å². The third-order valence-electron chi connectivity index (χ3n) is 5.61. The number of carbonyl (C=O) groups excluding carboxylic acids is 1. The maximum atomic E-state index is 13.3. The SMILES string of the molecule is CC[C@H](CN1CCCC1)NC(=O)C1(c2ccccc2)CCOCC1. The number of rotatable bonds is 6. The highest BCUT2D eigenvalue weighted by atomic mass is 16.5. The number of hydrogen-bond acceptors (Lipinski definition) is 3. The molecule has 1 atom stereocenters. The molecule has 0 bridgehead atoms. The number of amides is 1. The fourth-order valence-electron chi connectivity index (χ4n) is 4.00. The van der Waals surface area contributed by atoms with Gasteiger partial charge in [0.15, 0.2) is 0 Å². The molecule has 1 amide bonds. The molecule has 0 radical (unpaired) electrons. The summed E-state index contributed by atoms with van der Waals surface area (Å²) in [6, 6.07) is 10.5. The molecular weight excluding hydrogens is 300 g/mol. The molecule has 0 saturated carbocycles. The van der Waals surface area contributed by atoms with Crippen LogP contribution in [-0.2, 0) is 14.9 Å². The number of likely N-dealkylation sites (tertiary alicyclic amines) is 1. The fourth-order valence-corrected chi connectivity index (χ4v) is 4.00. The Hall–Kier alpha value is -1.39. The zero-order chi connectivity index (χ0) is 16.8. The Bertz CT molecular complexity index is 520. The minimum Gasteiger partial charge on any atom is -0.381 e. The number of nitrogens with one attached hydrogen (secondary N) is 1. The van der Waals surface area contributed by atoms with E-state index < -0.39 is 5.41 Å². The van der Waals surface area contributed by atoms with Crippen LogP contribution in [0.5, 0.6) is 0 Å². The second kappa shape index (κ2) is 8.13. The largest absolute Gasteiger partial charge is 0.381 e. The molecule has 132 valence electrons. The van der Waals surface area contributed by atoms with Gasteiger partial charge in [0, 0.05) is 25.8 Å². The monoisotopic (exact) mass is 330 g/mol. The van der Waals surface area contributed by atoms with E-state index in [0.717, 1.165) is 31.4 Å². The Morgan fingerprint density at radius 2 is 1.88 bits per heavy atom. The van der Waals surface area contributed by atoms with Crippen LogP contribution in [0.4, 0.5) is 0 Å². The molecule has 2 fully saturated rings. The zero-order valence-electron chi connectivity index (χ0n) is 14.8. The number of benzene rings is 1. The molecule has 2 aliphatic rings. The van der Waals surface area contributed by atoms with E-state index in [9.17, 15) is 4.79 Å². The van der Waals surface area contributed by atoms with Gasteiger partial charge in [0.05, 0.1) is 5.41 Å². The molecular formula is C20H30N2O2. The van der Waals surface area contributed by atoms with Crippen LogP contribution in [0.2, 0.25) is 0 Å². The van der Waals surface area contributed by atoms with Crippen molar-refractivity contribution in [3.05, 3.63) is 35.9 Å². The van der Waals surface area contributed by atoms with Crippen LogP contribution < -0.4 is 5.32 Å². The molecule has 24 heavy (non-hydrogen) atoms. The fraction of sp³-hybridized carbons (Fsp3) is 0.650. The van der Waals surface area contributed by atoms with Gasteiger partial charge in [-0.05, 0) is 50.8 Å². The summed E-state index contributed by atoms with van der Waals surface area (Å²) in [4.78, 5) is 15.8. The van der Waals surface area contributed by atoms with Crippen molar-refractivity contribution in [2.24, 2.45) is 0 Å². The Balaban J connectivity index is 1.73. The van der Waals surface area contributed by atoms with Gasteiger partial charge in [0.2, 0.25) is 5.91 Å². The highest BCUT2D eigenvalue weighted by molar-refractivity contribution is 5.88. The molecule has 2 aliphatic heterocycles. The number of nitrogens with zero attached hydrogens (tertiary/aromatic N) is 1. The van der Waals surface area contributed by atoms with Gasteiger partial charge in [0.25, 0.3) is 0 Å². The predicted molar refractivity (Wildman–Crippen MR) is 96.1 cm³/mol. The lowest BCUT2D eigenvalue weighted by atomic mass is 9.73. The molecule has 0 spiro atoms. The van der Waals surface area contributed by atoms with Crippen LogP contribution >= 0.6 is 0 Å². The molecule has 4 nitrogen and oxygen atoms in total. The summed E-state index contributed by atoms with van der Waals surface area (Å²) in [5.41, 5.74) is 0.694. The van der Waals surface area contributed by atoms with Gasteiger partial charge in [-0.25, -0.2) is 0 Å². The molecule has 3 rings (SSSR count). The van der Waals surface area contributed by atoms with E-state index in [4.69, 9.17) is 4.74 Å². The Labute approximate surface area is 145 Å². The summed E-state index contributed by atoms with van der Waals surface area (Å²) in [7, 11) is 0. The third-order valence-corrected chi connectivity index (χ3v) is 5.61. The minimum atomic E-state index is -0.433. The molecule has 0 aromatic heterocycles. The van der Waals surface area contributed by atoms with Crippen molar-refractivity contribution in [3.63, 3.8) is 0 Å². The van der Waals surface area contributed by atoms with Crippen molar-refractivity contribution in [2.75, 3.05) is 32.8 Å². The molecule has 2 heterocycles. The third kappa shape index (κ3) is 3.81. The molecule has 1 aromatic carbocycles. The summed E-state index contributed by atoms with van der Waals surface area (Å²) in [5, 5.41) is 3.37. The maximum absolute atomic E-state index is 13.3. The number of ether oxygens (including phenoxy) is 1. The first-order valence-corrected chi connectivity index (χ1v) is 9.41. The van der Waals surface area contributed by atoms with Crippen LogP contribution in [0.15, 0.2) is 30.3 Å². The van der Waals surface area contributed by atoms with Crippen molar-refractivity contribution in [1.29, 1.82) is 0 Å². The van der Waals surface area contributed by atoms with E-state index in [0.29, 0.717) is 13.2 Å². The highest BCUT2D eigenvalue weighted by Gasteiger charge is 2.42. The number of carbonyl (C=O) groups is 1. The van der Waals surface area contributed by atoms with Crippen LogP contribution in [0.1, 0.15) is 44.6 Å². The van der Waals surface area contributed by atoms with Gasteiger partial charge in [-0.1, -0.05) is 37.3 Å². The van der Waals surface area contributed by atoms with Crippen molar-refractivity contribution in [3.8, 4) is 0 Å². The first kappa shape index (κ1) is 17.4. The molecule has 1 N–H and O–H groups in total. The molecule has 0 unspecified atom stereocenters. The lowest BCUT2D eigenvalue weighted by Gasteiger charge is -2.38. The summed E-state index contributed by atoms with van der Waals surface area (Å²) >= 11 is 0.